The molecule has 2 aliphatic rings. The lowest BCUT2D eigenvalue weighted by molar-refractivity contribution is 0.448. The van der Waals surface area contributed by atoms with Crippen LogP contribution in [0, 0.1) is 0 Å². The van der Waals surface area contributed by atoms with Crippen LogP contribution in [0.4, 0.5) is 0 Å². The smallest absolute Gasteiger partial charge is 0.429 e. The summed E-state index contributed by atoms with van der Waals surface area (Å²) < 4.78 is 0. The molecule has 0 aliphatic heterocycles. The van der Waals surface area contributed by atoms with Gasteiger partial charge in [0.2, 0.25) is 0 Å². The Kier molecular flexibility index (Phi) is 2.79. The monoisotopic (exact) mass is 189 g/mol. The fraction of sp³-hybridized carbons (Fsp3) is 0. The van der Waals surface area contributed by atoms with Crippen molar-refractivity contribution in [3.8, 4) is 11.1 Å². The van der Waals surface area contributed by atoms with Crippen molar-refractivity contribution in [1.82, 2.24) is 0 Å². The van der Waals surface area contributed by atoms with Crippen LogP contribution in [0.5, 0.6) is 0 Å². The predicted molar refractivity (Wildman–Crippen MR) is 45.6 cm³/mol. The Morgan fingerprint density at radius 3 is 1.36 bits per heavy atom. The van der Waals surface area contributed by atoms with E-state index in [4.69, 9.17) is 33.2 Å². The molecule has 0 spiro atoms. The number of rotatable bonds is 0. The summed E-state index contributed by atoms with van der Waals surface area (Å²) in [5.74, 6) is 0. The van der Waals surface area contributed by atoms with Crippen LogP contribution in [-0.4, -0.2) is 17.7 Å². The Balaban J connectivity index is 0.000000179. The number of benzene rings is 1. The SMILES string of the molecule is Clc1c2ccc-2c1Cl.O[B]O. The van der Waals surface area contributed by atoms with Crippen molar-refractivity contribution in [2.75, 3.05) is 0 Å². The third-order valence-electron chi connectivity index (χ3n) is 1.37. The van der Waals surface area contributed by atoms with Gasteiger partial charge in [0.1, 0.15) is 0 Å². The van der Waals surface area contributed by atoms with Crippen LogP contribution < -0.4 is 0 Å². The Labute approximate surface area is 74.7 Å². The zero-order valence-electron chi connectivity index (χ0n) is 5.38. The summed E-state index contributed by atoms with van der Waals surface area (Å²) in [4.78, 5) is 0. The van der Waals surface area contributed by atoms with Gasteiger partial charge in [-0.1, -0.05) is 35.3 Å². The average molecular weight is 190 g/mol. The molecule has 0 heterocycles. The van der Waals surface area contributed by atoms with Gasteiger partial charge in [-0.25, -0.2) is 0 Å². The zero-order valence-corrected chi connectivity index (χ0v) is 6.89. The summed E-state index contributed by atoms with van der Waals surface area (Å²) >= 11 is 11.3. The van der Waals surface area contributed by atoms with E-state index in [1.165, 1.54) is 0 Å². The number of halogens is 2. The van der Waals surface area contributed by atoms with Gasteiger partial charge < -0.3 is 10.0 Å². The summed E-state index contributed by atoms with van der Waals surface area (Å²) in [5, 5.41) is 15.5. The lowest BCUT2D eigenvalue weighted by Gasteiger charge is -2.19. The van der Waals surface area contributed by atoms with E-state index in [9.17, 15) is 0 Å². The van der Waals surface area contributed by atoms with Crippen LogP contribution in [0.25, 0.3) is 11.1 Å². The lowest BCUT2D eigenvalue weighted by Crippen LogP contribution is -1.93. The first-order chi connectivity index (χ1) is 5.22. The van der Waals surface area contributed by atoms with E-state index >= 15 is 0 Å². The van der Waals surface area contributed by atoms with Crippen LogP contribution in [0.15, 0.2) is 12.1 Å². The third-order valence-corrected chi connectivity index (χ3v) is 2.25. The molecule has 2 aliphatic carbocycles. The highest BCUT2D eigenvalue weighted by molar-refractivity contribution is 6.49. The van der Waals surface area contributed by atoms with Gasteiger partial charge in [0.15, 0.2) is 0 Å². The van der Waals surface area contributed by atoms with E-state index in [2.05, 4.69) is 0 Å². The second kappa shape index (κ2) is 3.45. The van der Waals surface area contributed by atoms with Crippen LogP contribution in [0.2, 0.25) is 10.0 Å². The Morgan fingerprint density at radius 2 is 1.27 bits per heavy atom. The molecule has 0 amide bonds. The fourth-order valence-electron chi connectivity index (χ4n) is 0.807. The molecule has 0 fully saturated rings. The third kappa shape index (κ3) is 1.37. The minimum Gasteiger partial charge on any atom is -0.429 e. The quantitative estimate of drug-likeness (QED) is 0.617. The largest absolute Gasteiger partial charge is 0.482 e. The maximum Gasteiger partial charge on any atom is 0.482 e. The second-order valence-corrected chi connectivity index (χ2v) is 2.66. The first-order valence-corrected chi connectivity index (χ1v) is 3.56. The zero-order chi connectivity index (χ0) is 8.43. The highest BCUT2D eigenvalue weighted by atomic mass is 35.5. The summed E-state index contributed by atoms with van der Waals surface area (Å²) in [6, 6.07) is 3.92. The Bertz CT molecular complexity index is 251. The molecule has 0 aromatic rings. The van der Waals surface area contributed by atoms with Crippen molar-refractivity contribution < 1.29 is 10.0 Å². The Morgan fingerprint density at radius 1 is 1.00 bits per heavy atom. The first kappa shape index (κ1) is 8.88. The summed E-state index contributed by atoms with van der Waals surface area (Å²) in [7, 11) is 0. The van der Waals surface area contributed by atoms with Crippen LogP contribution in [-0.2, 0) is 0 Å². The fourth-order valence-corrected chi connectivity index (χ4v) is 1.34. The molecule has 5 heteroatoms. The first-order valence-electron chi connectivity index (χ1n) is 2.81. The van der Waals surface area contributed by atoms with Gasteiger partial charge in [0, 0.05) is 11.1 Å². The van der Waals surface area contributed by atoms with E-state index in [0.717, 1.165) is 21.2 Å². The molecular weight excluding hydrogens is 186 g/mol. The van der Waals surface area contributed by atoms with Gasteiger partial charge in [-0.15, -0.1) is 0 Å². The van der Waals surface area contributed by atoms with Crippen molar-refractivity contribution in [3.05, 3.63) is 22.2 Å². The maximum atomic E-state index is 7.00. The normalized spacial score (nSPS) is 9.82. The number of fused-ring (bicyclic) bond motifs is 1. The highest BCUT2D eigenvalue weighted by Crippen LogP contribution is 2.49. The van der Waals surface area contributed by atoms with Crippen molar-refractivity contribution in [1.29, 1.82) is 0 Å². The second-order valence-electron chi connectivity index (χ2n) is 1.90. The van der Waals surface area contributed by atoms with Crippen LogP contribution >= 0.6 is 23.2 Å². The molecule has 0 bridgehead atoms. The van der Waals surface area contributed by atoms with Crippen molar-refractivity contribution in [2.45, 2.75) is 0 Å². The highest BCUT2D eigenvalue weighted by Gasteiger charge is 2.22. The van der Waals surface area contributed by atoms with E-state index < -0.39 is 0 Å². The molecule has 2 nitrogen and oxygen atoms in total. The molecule has 0 aromatic carbocycles. The van der Waals surface area contributed by atoms with E-state index in [-0.39, 0.29) is 7.69 Å². The standard InChI is InChI=1S/C6H2Cl2.BH2O2/c7-5-3-1-2-4(3)6(5)8;2-1-3/h1-2H;2-3H. The van der Waals surface area contributed by atoms with Gasteiger partial charge >= 0.3 is 7.69 Å². The van der Waals surface area contributed by atoms with Crippen LogP contribution in [0.3, 0.4) is 0 Å². The van der Waals surface area contributed by atoms with Crippen molar-refractivity contribution in [3.63, 3.8) is 0 Å². The van der Waals surface area contributed by atoms with Crippen LogP contribution in [0.1, 0.15) is 0 Å². The van der Waals surface area contributed by atoms with Gasteiger partial charge in [-0.3, -0.25) is 0 Å². The minimum atomic E-state index is 0. The van der Waals surface area contributed by atoms with Gasteiger partial charge in [-0.05, 0) is 0 Å². The molecule has 0 saturated carbocycles. The number of hydrogen-bond acceptors (Lipinski definition) is 2. The summed E-state index contributed by atoms with van der Waals surface area (Å²) in [6.07, 6.45) is 0. The van der Waals surface area contributed by atoms with Crippen molar-refractivity contribution >= 4 is 30.9 Å². The molecule has 2 N–H and O–H groups in total. The molecular formula is C6H4BCl2O2. The molecule has 0 atom stereocenters. The lowest BCUT2D eigenvalue weighted by atomic mass is 9.94. The van der Waals surface area contributed by atoms with E-state index in [1.807, 2.05) is 12.1 Å². The summed E-state index contributed by atoms with van der Waals surface area (Å²) in [5.41, 5.74) is 2.24. The molecule has 0 aromatic heterocycles. The summed E-state index contributed by atoms with van der Waals surface area (Å²) in [6.45, 7) is 0. The van der Waals surface area contributed by atoms with Gasteiger partial charge in [0.25, 0.3) is 0 Å². The molecule has 57 valence electrons. The molecule has 0 unspecified atom stereocenters. The molecule has 11 heavy (non-hydrogen) atoms. The number of hydrogen-bond donors (Lipinski definition) is 2. The molecule has 0 saturated heterocycles. The van der Waals surface area contributed by atoms with Crippen molar-refractivity contribution in [2.24, 2.45) is 0 Å². The van der Waals surface area contributed by atoms with E-state index in [0.29, 0.717) is 0 Å². The predicted octanol–water partition coefficient (Wildman–Crippen LogP) is 1.48. The minimum absolute atomic E-state index is 0. The Hall–Kier alpha value is -0.215. The average Bonchev–Trinajstić information content (AvgIpc) is 1.87. The topological polar surface area (TPSA) is 40.5 Å². The maximum absolute atomic E-state index is 7.00. The van der Waals surface area contributed by atoms with Gasteiger partial charge in [0.05, 0.1) is 10.0 Å². The molecule has 1 radical (unpaired) electrons. The van der Waals surface area contributed by atoms with Gasteiger partial charge in [-0.2, -0.15) is 0 Å². The molecule has 2 rings (SSSR count). The van der Waals surface area contributed by atoms with E-state index in [1.54, 1.807) is 0 Å².